The predicted octanol–water partition coefficient (Wildman–Crippen LogP) is 13.9. The average molecular weight is 820 g/mol. The molecule has 4 heteroatoms. The van der Waals surface area contributed by atoms with Crippen LogP contribution in [-0.2, 0) is 21.6 Å². The molecule has 0 aliphatic heterocycles. The SMILES string of the molecule is CC(C)c1cc2c(-c3cccc4ccccc34)cccc2[cH-]1.Cc1cc2c(-c3cccc4ccccc34)ccc(C)c2[cH-]1.Cl.Cl.[CH3-].[CH3-].[Ge]=[Zr]. The first kappa shape index (κ1) is 42.2. The Balaban J connectivity index is 0.000000301. The number of rotatable bonds is 3. The van der Waals surface area contributed by atoms with Crippen molar-refractivity contribution in [2.75, 3.05) is 0 Å². The molecule has 0 saturated carbocycles. The molecule has 0 aliphatic carbocycles. The van der Waals surface area contributed by atoms with E-state index in [9.17, 15) is 0 Å². The van der Waals surface area contributed by atoms with Crippen molar-refractivity contribution in [3.8, 4) is 22.3 Å². The second-order valence-corrected chi connectivity index (χ2v) is 12.1. The number of benzene rings is 6. The zero-order chi connectivity index (χ0) is 31.5. The second kappa shape index (κ2) is 18.9. The molecule has 0 N–H and O–H groups in total. The van der Waals surface area contributed by atoms with Gasteiger partial charge in [-0.2, -0.15) is 12.1 Å². The van der Waals surface area contributed by atoms with Crippen LogP contribution in [0.3, 0.4) is 0 Å². The van der Waals surface area contributed by atoms with Gasteiger partial charge in [-0.25, -0.2) is 0 Å². The number of aryl methyl sites for hydroxylation is 2. The van der Waals surface area contributed by atoms with Crippen LogP contribution in [0.15, 0.2) is 140 Å². The van der Waals surface area contributed by atoms with Crippen LogP contribution in [0.1, 0.15) is 36.5 Å². The molecule has 250 valence electrons. The Hall–Kier alpha value is -2.93. The van der Waals surface area contributed by atoms with Crippen LogP contribution in [0, 0.1) is 28.7 Å². The fourth-order valence-corrected chi connectivity index (χ4v) is 6.57. The van der Waals surface area contributed by atoms with E-state index in [1.165, 1.54) is 82.0 Å². The first-order valence-corrected chi connectivity index (χ1v) is 23.0. The molecule has 49 heavy (non-hydrogen) atoms. The van der Waals surface area contributed by atoms with Gasteiger partial charge in [0.2, 0.25) is 0 Å². The Morgan fingerprint density at radius 2 is 0.980 bits per heavy atom. The standard InChI is InChI=1S/C22H19.C21H17.2CH3.2ClH.Ge.Zr/c1-15(2)18-13-17-9-6-12-21(22(17)14-18)20-11-5-8-16-7-3-4-10-19(16)20;1-14-12-20-15(2)10-11-19(21(20)13-14)18-9-5-7-16-6-3-4-8-17(16)18;;;;;;/h3-15H,1-2H3;3-13H,1-2H3;2*1H3;2*1H;;/q4*-1;;;;. The predicted molar refractivity (Wildman–Crippen MR) is 222 cm³/mol. The van der Waals surface area contributed by atoms with Gasteiger partial charge in [-0.15, -0.1) is 93.4 Å². The Kier molecular flexibility index (Phi) is 16.3. The van der Waals surface area contributed by atoms with E-state index in [1.807, 2.05) is 0 Å². The van der Waals surface area contributed by atoms with Gasteiger partial charge in [0.15, 0.2) is 0 Å². The summed E-state index contributed by atoms with van der Waals surface area (Å²) in [6.07, 6.45) is 0. The van der Waals surface area contributed by atoms with Crippen LogP contribution in [0.4, 0.5) is 0 Å². The quantitative estimate of drug-likeness (QED) is 0.123. The van der Waals surface area contributed by atoms with Gasteiger partial charge in [0.05, 0.1) is 0 Å². The van der Waals surface area contributed by atoms with Gasteiger partial charge in [0, 0.05) is 0 Å². The van der Waals surface area contributed by atoms with Crippen molar-refractivity contribution in [2.45, 2.75) is 33.6 Å². The van der Waals surface area contributed by atoms with Crippen LogP contribution in [0.5, 0.6) is 0 Å². The number of hydrogen-bond donors (Lipinski definition) is 0. The van der Waals surface area contributed by atoms with Gasteiger partial charge in [-0.05, 0) is 38.6 Å². The van der Waals surface area contributed by atoms with E-state index in [4.69, 9.17) is 0 Å². The van der Waals surface area contributed by atoms with Crippen molar-refractivity contribution >= 4 is 80.0 Å². The maximum atomic E-state index is 2.36. The Morgan fingerprint density at radius 1 is 0.510 bits per heavy atom. The molecule has 0 unspecified atom stereocenters. The molecule has 2 radical (unpaired) electrons. The van der Waals surface area contributed by atoms with Crippen molar-refractivity contribution in [3.63, 3.8) is 0 Å². The second-order valence-electron chi connectivity index (χ2n) is 12.1. The fraction of sp³-hybridized carbons (Fsp3) is 0.111. The van der Waals surface area contributed by atoms with E-state index in [2.05, 4.69) is 179 Å². The molecule has 0 saturated heterocycles. The number of hydrogen-bond acceptors (Lipinski definition) is 0. The first-order valence-electron chi connectivity index (χ1n) is 15.6. The van der Waals surface area contributed by atoms with E-state index in [1.54, 1.807) is 21.6 Å². The molecular weight excluding hydrogens is 775 g/mol. The molecule has 0 fully saturated rings. The third kappa shape index (κ3) is 8.69. The average Bonchev–Trinajstić information content (AvgIpc) is 3.70. The number of halogens is 2. The molecule has 0 aliphatic rings. The van der Waals surface area contributed by atoms with Gasteiger partial charge >= 0.3 is 33.7 Å². The van der Waals surface area contributed by atoms with Gasteiger partial charge in [0.25, 0.3) is 0 Å². The summed E-state index contributed by atoms with van der Waals surface area (Å²) >= 11 is 3.64. The molecular formula is C45H44Cl2GeZr-4. The summed E-state index contributed by atoms with van der Waals surface area (Å²) in [6.45, 7) is 8.87. The first-order chi connectivity index (χ1) is 22.0. The molecule has 8 aromatic carbocycles. The van der Waals surface area contributed by atoms with Crippen molar-refractivity contribution < 1.29 is 21.6 Å². The molecule has 0 amide bonds. The minimum atomic E-state index is 0. The monoisotopic (exact) mass is 818 g/mol. The van der Waals surface area contributed by atoms with Gasteiger partial charge in [0.1, 0.15) is 0 Å². The summed E-state index contributed by atoms with van der Waals surface area (Å²) in [5, 5.41) is 10.7. The van der Waals surface area contributed by atoms with Crippen molar-refractivity contribution in [2.24, 2.45) is 0 Å². The third-order valence-electron chi connectivity index (χ3n) is 8.85. The zero-order valence-electron chi connectivity index (χ0n) is 29.2. The molecule has 0 atom stereocenters. The molecule has 0 heterocycles. The summed E-state index contributed by atoms with van der Waals surface area (Å²) in [5.41, 5.74) is 9.42. The summed E-state index contributed by atoms with van der Waals surface area (Å²) in [5.74, 6) is 0.563. The Morgan fingerprint density at radius 3 is 1.53 bits per heavy atom. The van der Waals surface area contributed by atoms with Crippen LogP contribution >= 0.6 is 24.8 Å². The van der Waals surface area contributed by atoms with Crippen LogP contribution in [-0.4, -0.2) is 12.1 Å². The van der Waals surface area contributed by atoms with Crippen molar-refractivity contribution in [1.82, 2.24) is 0 Å². The fourth-order valence-electron chi connectivity index (χ4n) is 6.57. The number of fused-ring (bicyclic) bond motifs is 4. The summed E-state index contributed by atoms with van der Waals surface area (Å²) in [4.78, 5) is 0. The van der Waals surface area contributed by atoms with Crippen molar-refractivity contribution in [3.05, 3.63) is 171 Å². The maximum absolute atomic E-state index is 2.36. The summed E-state index contributed by atoms with van der Waals surface area (Å²) < 4.78 is 0. The molecule has 0 spiro atoms. The Labute approximate surface area is 325 Å². The Bertz CT molecular complexity index is 2260. The van der Waals surface area contributed by atoms with E-state index < -0.39 is 0 Å². The van der Waals surface area contributed by atoms with Gasteiger partial charge in [-0.3, -0.25) is 0 Å². The van der Waals surface area contributed by atoms with Crippen LogP contribution in [0.2, 0.25) is 0 Å². The third-order valence-corrected chi connectivity index (χ3v) is 8.85. The topological polar surface area (TPSA) is 0 Å². The summed E-state index contributed by atoms with van der Waals surface area (Å²) in [7, 11) is 0. The van der Waals surface area contributed by atoms with Gasteiger partial charge < -0.3 is 14.9 Å². The van der Waals surface area contributed by atoms with Crippen LogP contribution in [0.25, 0.3) is 65.3 Å². The molecule has 0 bridgehead atoms. The normalized spacial score (nSPS) is 10.1. The van der Waals surface area contributed by atoms with E-state index >= 15 is 0 Å². The molecule has 8 aromatic rings. The minimum absolute atomic E-state index is 0. The molecule has 0 aromatic heterocycles. The molecule has 8 rings (SSSR count). The van der Waals surface area contributed by atoms with Crippen molar-refractivity contribution in [1.29, 1.82) is 0 Å². The van der Waals surface area contributed by atoms with E-state index in [0.717, 1.165) is 0 Å². The van der Waals surface area contributed by atoms with E-state index in [-0.39, 0.29) is 39.7 Å². The molecule has 0 nitrogen and oxygen atoms in total. The van der Waals surface area contributed by atoms with Gasteiger partial charge in [-0.1, -0.05) is 136 Å². The van der Waals surface area contributed by atoms with Crippen LogP contribution < -0.4 is 0 Å². The zero-order valence-corrected chi connectivity index (χ0v) is 35.4. The summed E-state index contributed by atoms with van der Waals surface area (Å²) in [6, 6.07) is 50.8. The van der Waals surface area contributed by atoms with E-state index in [0.29, 0.717) is 5.92 Å².